The molecule has 3 nitrogen and oxygen atoms in total. The first-order valence-electron chi connectivity index (χ1n) is 13.6. The first-order valence-corrected chi connectivity index (χ1v) is 13.6. The highest BCUT2D eigenvalue weighted by molar-refractivity contribution is 6.20. The molecule has 0 amide bonds. The second-order valence-electron chi connectivity index (χ2n) is 10.6. The number of benzene rings is 6. The summed E-state index contributed by atoms with van der Waals surface area (Å²) in [4.78, 5) is 14.7. The average molecular weight is 511 g/mol. The van der Waals surface area contributed by atoms with Crippen LogP contribution in [0.4, 0.5) is 0 Å². The number of rotatable bonds is 2. The Kier molecular flexibility index (Phi) is 4.20. The minimum absolute atomic E-state index is 0.00581. The molecule has 0 unspecified atom stereocenters. The van der Waals surface area contributed by atoms with Gasteiger partial charge in [-0.25, -0.2) is 0 Å². The summed E-state index contributed by atoms with van der Waals surface area (Å²) in [5.41, 5.74) is 9.46. The van der Waals surface area contributed by atoms with Gasteiger partial charge in [0, 0.05) is 21.5 Å². The molecule has 9 aromatic rings. The highest BCUT2D eigenvalue weighted by Crippen LogP contribution is 2.40. The predicted molar refractivity (Wildman–Crippen MR) is 167 cm³/mol. The molecule has 0 fully saturated rings. The summed E-state index contributed by atoms with van der Waals surface area (Å²) in [6.07, 6.45) is 0. The molecule has 0 aliphatic carbocycles. The fourth-order valence-electron chi connectivity index (χ4n) is 6.68. The molecular formula is C37H22N2O. The normalized spacial score (nSPS) is 12.1. The number of fused-ring (bicyclic) bond motifs is 7. The standard InChI is InChI=1S/C37H22N2O/c40-37-31-22-26(24-12-5-2-6-13-24)21-30-29-20-25(23-10-3-1-4-11-23)18-19-33(29)38(35(30)31)34-17-9-15-28-27-14-7-8-16-32(27)39(37)36(28)34/h1-22H. The Morgan fingerprint density at radius 2 is 0.950 bits per heavy atom. The van der Waals surface area contributed by atoms with Crippen molar-refractivity contribution in [1.29, 1.82) is 0 Å². The van der Waals surface area contributed by atoms with Crippen molar-refractivity contribution in [1.82, 2.24) is 8.80 Å². The Bertz CT molecular complexity index is 2490. The molecule has 0 atom stereocenters. The Labute approximate surface area is 229 Å². The summed E-state index contributed by atoms with van der Waals surface area (Å²) in [6.45, 7) is 0. The van der Waals surface area contributed by atoms with Crippen LogP contribution in [-0.4, -0.2) is 8.80 Å². The lowest BCUT2D eigenvalue weighted by Gasteiger charge is -2.05. The van der Waals surface area contributed by atoms with E-state index in [-0.39, 0.29) is 5.56 Å². The van der Waals surface area contributed by atoms with Gasteiger partial charge in [0.1, 0.15) is 0 Å². The molecule has 0 bridgehead atoms. The molecule has 3 aromatic heterocycles. The predicted octanol–water partition coefficient (Wildman–Crippen LogP) is 8.94. The van der Waals surface area contributed by atoms with Crippen LogP contribution < -0.4 is 5.56 Å². The fraction of sp³-hybridized carbons (Fsp3) is 0. The maximum absolute atomic E-state index is 14.7. The number of para-hydroxylation sites is 2. The quantitative estimate of drug-likeness (QED) is 0.228. The lowest BCUT2D eigenvalue weighted by molar-refractivity contribution is 1.21. The summed E-state index contributed by atoms with van der Waals surface area (Å²) in [7, 11) is 0. The molecule has 6 aromatic carbocycles. The van der Waals surface area contributed by atoms with Gasteiger partial charge in [-0.15, -0.1) is 0 Å². The lowest BCUT2D eigenvalue weighted by atomic mass is 9.99. The largest absolute Gasteiger partial charge is 0.306 e. The summed E-state index contributed by atoms with van der Waals surface area (Å²) in [5.74, 6) is 0. The van der Waals surface area contributed by atoms with Gasteiger partial charge in [0.15, 0.2) is 0 Å². The SMILES string of the molecule is O=c1c2cc(-c3ccccc3)cc3c4cc(-c5ccccc5)ccc4n(c4cccc5c6ccccc6n1c54)c23. The van der Waals surface area contributed by atoms with Crippen LogP contribution in [0, 0.1) is 0 Å². The highest BCUT2D eigenvalue weighted by atomic mass is 16.1. The third kappa shape index (κ3) is 2.76. The van der Waals surface area contributed by atoms with Crippen molar-refractivity contribution >= 4 is 54.5 Å². The van der Waals surface area contributed by atoms with E-state index in [1.807, 2.05) is 28.7 Å². The van der Waals surface area contributed by atoms with E-state index in [0.717, 1.165) is 65.8 Å². The first-order chi connectivity index (χ1) is 19.8. The molecule has 40 heavy (non-hydrogen) atoms. The summed E-state index contributed by atoms with van der Waals surface area (Å²) < 4.78 is 4.24. The van der Waals surface area contributed by atoms with Gasteiger partial charge < -0.3 is 4.40 Å². The molecule has 0 saturated heterocycles. The summed E-state index contributed by atoms with van der Waals surface area (Å²) in [5, 5.41) is 5.13. The van der Waals surface area contributed by atoms with E-state index in [1.54, 1.807) is 0 Å². The molecule has 0 aliphatic rings. The molecular weight excluding hydrogens is 488 g/mol. The molecule has 3 heteroatoms. The van der Waals surface area contributed by atoms with Crippen molar-refractivity contribution in [3.8, 4) is 22.3 Å². The maximum Gasteiger partial charge on any atom is 0.265 e. The summed E-state index contributed by atoms with van der Waals surface area (Å²) >= 11 is 0. The molecule has 0 radical (unpaired) electrons. The monoisotopic (exact) mass is 510 g/mol. The maximum atomic E-state index is 14.7. The van der Waals surface area contributed by atoms with Gasteiger partial charge in [-0.05, 0) is 58.7 Å². The molecule has 0 spiro atoms. The topological polar surface area (TPSA) is 25.9 Å². The Morgan fingerprint density at radius 3 is 1.75 bits per heavy atom. The fourth-order valence-corrected chi connectivity index (χ4v) is 6.68. The zero-order valence-corrected chi connectivity index (χ0v) is 21.5. The number of nitrogens with zero attached hydrogens (tertiary/aromatic N) is 2. The van der Waals surface area contributed by atoms with Crippen LogP contribution in [0.25, 0.3) is 76.8 Å². The second kappa shape index (κ2) is 7.81. The van der Waals surface area contributed by atoms with E-state index < -0.39 is 0 Å². The van der Waals surface area contributed by atoms with E-state index in [0.29, 0.717) is 5.39 Å². The molecule has 9 rings (SSSR count). The second-order valence-corrected chi connectivity index (χ2v) is 10.6. The van der Waals surface area contributed by atoms with E-state index in [9.17, 15) is 4.79 Å². The van der Waals surface area contributed by atoms with Gasteiger partial charge in [-0.2, -0.15) is 0 Å². The van der Waals surface area contributed by atoms with Crippen molar-refractivity contribution in [2.75, 3.05) is 0 Å². The van der Waals surface area contributed by atoms with Crippen LogP contribution in [0.1, 0.15) is 0 Å². The zero-order chi connectivity index (χ0) is 26.4. The van der Waals surface area contributed by atoms with Gasteiger partial charge in [0.2, 0.25) is 0 Å². The van der Waals surface area contributed by atoms with Crippen molar-refractivity contribution in [3.63, 3.8) is 0 Å². The van der Waals surface area contributed by atoms with Crippen LogP contribution in [0.2, 0.25) is 0 Å². The van der Waals surface area contributed by atoms with Crippen LogP contribution in [-0.2, 0) is 0 Å². The van der Waals surface area contributed by atoms with E-state index in [1.165, 1.54) is 5.56 Å². The van der Waals surface area contributed by atoms with Crippen molar-refractivity contribution in [2.45, 2.75) is 0 Å². The molecule has 186 valence electrons. The Balaban J connectivity index is 1.58. The van der Waals surface area contributed by atoms with Crippen molar-refractivity contribution < 1.29 is 0 Å². The van der Waals surface area contributed by atoms with Crippen molar-refractivity contribution in [2.24, 2.45) is 0 Å². The van der Waals surface area contributed by atoms with Gasteiger partial charge >= 0.3 is 0 Å². The van der Waals surface area contributed by atoms with Crippen LogP contribution in [0.3, 0.4) is 0 Å². The minimum Gasteiger partial charge on any atom is -0.306 e. The minimum atomic E-state index is 0.00581. The third-order valence-corrected chi connectivity index (χ3v) is 8.42. The zero-order valence-electron chi connectivity index (χ0n) is 21.5. The van der Waals surface area contributed by atoms with Gasteiger partial charge in [-0.3, -0.25) is 9.20 Å². The van der Waals surface area contributed by atoms with Crippen LogP contribution >= 0.6 is 0 Å². The van der Waals surface area contributed by atoms with Crippen molar-refractivity contribution in [3.05, 3.63) is 144 Å². The molecule has 0 N–H and O–H groups in total. The Hall–Kier alpha value is -5.41. The molecule has 3 heterocycles. The Morgan fingerprint density at radius 1 is 0.350 bits per heavy atom. The molecule has 0 aliphatic heterocycles. The van der Waals surface area contributed by atoms with Gasteiger partial charge in [0.25, 0.3) is 5.56 Å². The van der Waals surface area contributed by atoms with Gasteiger partial charge in [0.05, 0.1) is 33.0 Å². The third-order valence-electron chi connectivity index (χ3n) is 8.42. The van der Waals surface area contributed by atoms with Crippen LogP contribution in [0.15, 0.2) is 138 Å². The number of hydrogen-bond acceptors (Lipinski definition) is 1. The number of aromatic nitrogens is 2. The number of hydrogen-bond donors (Lipinski definition) is 0. The first kappa shape index (κ1) is 21.5. The van der Waals surface area contributed by atoms with E-state index >= 15 is 0 Å². The molecule has 0 saturated carbocycles. The van der Waals surface area contributed by atoms with Crippen LogP contribution in [0.5, 0.6) is 0 Å². The smallest absolute Gasteiger partial charge is 0.265 e. The lowest BCUT2D eigenvalue weighted by Crippen LogP contribution is -2.09. The highest BCUT2D eigenvalue weighted by Gasteiger charge is 2.21. The van der Waals surface area contributed by atoms with E-state index in [4.69, 9.17) is 0 Å². The van der Waals surface area contributed by atoms with E-state index in [2.05, 4.69) is 114 Å². The van der Waals surface area contributed by atoms with Gasteiger partial charge in [-0.1, -0.05) is 97.1 Å². The average Bonchev–Trinajstić information content (AvgIpc) is 3.50. The summed E-state index contributed by atoms with van der Waals surface area (Å²) in [6, 6.07) is 46.5.